The van der Waals surface area contributed by atoms with E-state index in [2.05, 4.69) is 41.6 Å². The molecule has 2 aliphatic rings. The standard InChI is InChI=1S/C19H28N4/c1-3-14(2)22-18-9-8-17(15-10-12-21-13-11-15)23-19(18,20)16-6-4-5-7-16/h8-14,16,22-23H,3-7,20H2,1-2H3. The van der Waals surface area contributed by atoms with Crippen molar-refractivity contribution in [1.29, 1.82) is 0 Å². The third-order valence-corrected chi connectivity index (χ3v) is 5.21. The maximum absolute atomic E-state index is 6.94. The Bertz CT molecular complexity index is 587. The normalized spacial score (nSPS) is 26.2. The number of dihydropyridines is 1. The van der Waals surface area contributed by atoms with Gasteiger partial charge in [0.05, 0.1) is 5.70 Å². The summed E-state index contributed by atoms with van der Waals surface area (Å²) in [4.78, 5) is 4.11. The molecule has 1 aromatic heterocycles. The predicted molar refractivity (Wildman–Crippen MR) is 95.2 cm³/mol. The molecule has 1 aliphatic heterocycles. The number of nitrogens with zero attached hydrogens (tertiary/aromatic N) is 1. The monoisotopic (exact) mass is 312 g/mol. The van der Waals surface area contributed by atoms with E-state index < -0.39 is 5.66 Å². The van der Waals surface area contributed by atoms with E-state index in [-0.39, 0.29) is 0 Å². The Morgan fingerprint density at radius 3 is 2.65 bits per heavy atom. The molecule has 4 N–H and O–H groups in total. The largest absolute Gasteiger partial charge is 0.383 e. The van der Waals surface area contributed by atoms with E-state index in [1.807, 2.05) is 24.5 Å². The van der Waals surface area contributed by atoms with Crippen LogP contribution >= 0.6 is 0 Å². The lowest BCUT2D eigenvalue weighted by molar-refractivity contribution is 0.271. The minimum Gasteiger partial charge on any atom is -0.383 e. The van der Waals surface area contributed by atoms with E-state index in [4.69, 9.17) is 5.73 Å². The fraction of sp³-hybridized carbons (Fsp3) is 0.526. The highest BCUT2D eigenvalue weighted by Gasteiger charge is 2.42. The molecule has 0 saturated heterocycles. The first-order valence-corrected chi connectivity index (χ1v) is 8.80. The first-order valence-electron chi connectivity index (χ1n) is 8.80. The minimum absolute atomic E-state index is 0.420. The predicted octanol–water partition coefficient (Wildman–Crippen LogP) is 3.14. The van der Waals surface area contributed by atoms with Crippen LogP contribution < -0.4 is 16.4 Å². The highest BCUT2D eigenvalue weighted by Crippen LogP contribution is 2.37. The van der Waals surface area contributed by atoms with Gasteiger partial charge in [-0.1, -0.05) is 19.8 Å². The SMILES string of the molecule is CCC(C)NC1=CC=C(c2ccncc2)NC1(N)C1CCCC1. The van der Waals surface area contributed by atoms with E-state index >= 15 is 0 Å². The van der Waals surface area contributed by atoms with Gasteiger partial charge in [0.2, 0.25) is 0 Å². The highest BCUT2D eigenvalue weighted by molar-refractivity contribution is 5.68. The maximum atomic E-state index is 6.94. The molecule has 3 rings (SSSR count). The summed E-state index contributed by atoms with van der Waals surface area (Å²) in [6.07, 6.45) is 13.9. The zero-order chi connectivity index (χ0) is 16.3. The van der Waals surface area contributed by atoms with Gasteiger partial charge in [-0.2, -0.15) is 0 Å². The molecule has 0 radical (unpaired) electrons. The van der Waals surface area contributed by atoms with E-state index in [1.54, 1.807) is 0 Å². The van der Waals surface area contributed by atoms with Crippen LogP contribution in [0.25, 0.3) is 5.70 Å². The van der Waals surface area contributed by atoms with E-state index in [0.29, 0.717) is 12.0 Å². The number of aromatic nitrogens is 1. The fourth-order valence-corrected chi connectivity index (χ4v) is 3.57. The van der Waals surface area contributed by atoms with Crippen LogP contribution in [-0.4, -0.2) is 16.7 Å². The van der Waals surface area contributed by atoms with Gasteiger partial charge in [-0.15, -0.1) is 0 Å². The molecule has 23 heavy (non-hydrogen) atoms. The number of hydrogen-bond acceptors (Lipinski definition) is 4. The molecule has 1 aromatic rings. The first kappa shape index (κ1) is 16.1. The lowest BCUT2D eigenvalue weighted by atomic mass is 9.85. The number of hydrogen-bond donors (Lipinski definition) is 3. The zero-order valence-electron chi connectivity index (χ0n) is 14.2. The molecule has 4 nitrogen and oxygen atoms in total. The van der Waals surface area contributed by atoms with Crippen LogP contribution in [0.2, 0.25) is 0 Å². The van der Waals surface area contributed by atoms with Crippen molar-refractivity contribution < 1.29 is 0 Å². The lowest BCUT2D eigenvalue weighted by Crippen LogP contribution is -2.63. The van der Waals surface area contributed by atoms with Crippen molar-refractivity contribution in [3.8, 4) is 0 Å². The molecular weight excluding hydrogens is 284 g/mol. The number of rotatable bonds is 5. The average Bonchev–Trinajstić information content (AvgIpc) is 3.12. The molecule has 2 unspecified atom stereocenters. The molecule has 2 atom stereocenters. The first-order chi connectivity index (χ1) is 11.1. The number of allylic oxidation sites excluding steroid dienone is 2. The molecule has 1 fully saturated rings. The Kier molecular flexibility index (Phi) is 4.71. The van der Waals surface area contributed by atoms with Crippen molar-refractivity contribution in [3.05, 3.63) is 47.9 Å². The molecule has 1 aliphatic carbocycles. The molecule has 0 bridgehead atoms. The summed E-state index contributed by atoms with van der Waals surface area (Å²) in [5.41, 5.74) is 9.77. The average molecular weight is 312 g/mol. The van der Waals surface area contributed by atoms with Gasteiger partial charge in [0, 0.05) is 35.6 Å². The Balaban J connectivity index is 1.92. The van der Waals surface area contributed by atoms with E-state index in [9.17, 15) is 0 Å². The Hall–Kier alpha value is -1.81. The molecular formula is C19H28N4. The zero-order valence-corrected chi connectivity index (χ0v) is 14.2. The van der Waals surface area contributed by atoms with Gasteiger partial charge in [-0.05, 0) is 50.5 Å². The van der Waals surface area contributed by atoms with Crippen LogP contribution in [-0.2, 0) is 0 Å². The highest BCUT2D eigenvalue weighted by atomic mass is 15.2. The summed E-state index contributed by atoms with van der Waals surface area (Å²) in [5.74, 6) is 0.468. The Labute approximate surface area is 139 Å². The summed E-state index contributed by atoms with van der Waals surface area (Å²) in [6, 6.07) is 4.46. The van der Waals surface area contributed by atoms with E-state index in [1.165, 1.54) is 25.7 Å². The quantitative estimate of drug-likeness (QED) is 0.781. The second-order valence-corrected chi connectivity index (χ2v) is 6.83. The van der Waals surface area contributed by atoms with Crippen molar-refractivity contribution in [1.82, 2.24) is 15.6 Å². The van der Waals surface area contributed by atoms with Crippen molar-refractivity contribution >= 4 is 5.70 Å². The van der Waals surface area contributed by atoms with Gasteiger partial charge in [0.1, 0.15) is 5.66 Å². The van der Waals surface area contributed by atoms with Crippen molar-refractivity contribution in [2.75, 3.05) is 0 Å². The third-order valence-electron chi connectivity index (χ3n) is 5.21. The Morgan fingerprint density at radius 1 is 1.30 bits per heavy atom. The van der Waals surface area contributed by atoms with E-state index in [0.717, 1.165) is 23.4 Å². The smallest absolute Gasteiger partial charge is 0.130 e. The minimum atomic E-state index is -0.507. The van der Waals surface area contributed by atoms with Crippen LogP contribution in [0.1, 0.15) is 51.5 Å². The molecule has 0 amide bonds. The number of pyridine rings is 1. The molecule has 0 spiro atoms. The van der Waals surface area contributed by atoms with Crippen LogP contribution in [0.3, 0.4) is 0 Å². The van der Waals surface area contributed by atoms with Crippen molar-refractivity contribution in [2.24, 2.45) is 11.7 Å². The molecule has 0 aromatic carbocycles. The van der Waals surface area contributed by atoms with Gasteiger partial charge in [0.15, 0.2) is 0 Å². The van der Waals surface area contributed by atoms with Crippen LogP contribution in [0.4, 0.5) is 0 Å². The van der Waals surface area contributed by atoms with Gasteiger partial charge in [0.25, 0.3) is 0 Å². The van der Waals surface area contributed by atoms with Gasteiger partial charge >= 0.3 is 0 Å². The number of nitrogens with one attached hydrogen (secondary N) is 2. The van der Waals surface area contributed by atoms with Gasteiger partial charge in [-0.3, -0.25) is 4.98 Å². The molecule has 124 valence electrons. The maximum Gasteiger partial charge on any atom is 0.130 e. The molecule has 1 saturated carbocycles. The summed E-state index contributed by atoms with van der Waals surface area (Å²) in [5, 5.41) is 7.27. The van der Waals surface area contributed by atoms with Crippen molar-refractivity contribution in [3.63, 3.8) is 0 Å². The topological polar surface area (TPSA) is 63.0 Å². The summed E-state index contributed by atoms with van der Waals surface area (Å²) < 4.78 is 0. The van der Waals surface area contributed by atoms with Crippen LogP contribution in [0.15, 0.2) is 42.4 Å². The van der Waals surface area contributed by atoms with Gasteiger partial charge in [-0.25, -0.2) is 0 Å². The van der Waals surface area contributed by atoms with Crippen molar-refractivity contribution in [2.45, 2.75) is 57.7 Å². The second kappa shape index (κ2) is 6.75. The Morgan fingerprint density at radius 2 is 2.00 bits per heavy atom. The number of nitrogens with two attached hydrogens (primary N) is 1. The summed E-state index contributed by atoms with van der Waals surface area (Å²) >= 11 is 0. The summed E-state index contributed by atoms with van der Waals surface area (Å²) in [7, 11) is 0. The third kappa shape index (κ3) is 3.27. The summed E-state index contributed by atoms with van der Waals surface area (Å²) in [6.45, 7) is 4.40. The van der Waals surface area contributed by atoms with Gasteiger partial charge < -0.3 is 16.4 Å². The molecule has 4 heteroatoms. The van der Waals surface area contributed by atoms with Crippen LogP contribution in [0.5, 0.6) is 0 Å². The lowest BCUT2D eigenvalue weighted by Gasteiger charge is -2.43. The molecule has 2 heterocycles. The van der Waals surface area contributed by atoms with Crippen LogP contribution in [0, 0.1) is 5.92 Å². The second-order valence-electron chi connectivity index (χ2n) is 6.83. The fourth-order valence-electron chi connectivity index (χ4n) is 3.57.